The molecule has 0 spiro atoms. The highest BCUT2D eigenvalue weighted by atomic mass is 32.2. The number of nitriles is 1. The monoisotopic (exact) mass is 283 g/mol. The topological polar surface area (TPSA) is 57.9 Å². The summed E-state index contributed by atoms with van der Waals surface area (Å²) in [6.07, 6.45) is 0.862. The second kappa shape index (κ2) is 6.81. The van der Waals surface area contributed by atoms with Gasteiger partial charge in [-0.25, -0.2) is 8.42 Å². The Morgan fingerprint density at radius 2 is 1.94 bits per heavy atom. The molecule has 0 aliphatic rings. The van der Waals surface area contributed by atoms with Gasteiger partial charge in [-0.05, 0) is 41.8 Å². The van der Waals surface area contributed by atoms with Crippen LogP contribution in [-0.2, 0) is 16.3 Å². The van der Waals surface area contributed by atoms with Crippen LogP contribution in [0.1, 0.15) is 19.4 Å². The van der Waals surface area contributed by atoms with Crippen LogP contribution in [0.5, 0.6) is 0 Å². The van der Waals surface area contributed by atoms with Crippen LogP contribution < -0.4 is 0 Å². The van der Waals surface area contributed by atoms with Crippen molar-refractivity contribution in [3.05, 3.63) is 29.8 Å². The molecule has 0 fully saturated rings. The molecule has 0 saturated carbocycles. The normalized spacial score (nSPS) is 12.9. The first-order chi connectivity index (χ1) is 8.49. The fourth-order valence-corrected chi connectivity index (χ4v) is 3.00. The third kappa shape index (κ3) is 4.35. The molecular formula is C13H17NO2S2. The summed E-state index contributed by atoms with van der Waals surface area (Å²) in [5.41, 5.74) is 1.11. The largest absolute Gasteiger partial charge is 0.224 e. The van der Waals surface area contributed by atoms with Crippen LogP contribution >= 0.6 is 11.8 Å². The van der Waals surface area contributed by atoms with Crippen molar-refractivity contribution in [1.29, 1.82) is 5.26 Å². The van der Waals surface area contributed by atoms with Crippen molar-refractivity contribution in [3.8, 4) is 5.40 Å². The fourth-order valence-electron chi connectivity index (χ4n) is 1.64. The van der Waals surface area contributed by atoms with E-state index in [1.54, 1.807) is 19.1 Å². The van der Waals surface area contributed by atoms with Gasteiger partial charge in [0.05, 0.1) is 10.6 Å². The van der Waals surface area contributed by atoms with Gasteiger partial charge in [-0.15, -0.1) is 0 Å². The van der Waals surface area contributed by atoms with Crippen LogP contribution in [0.3, 0.4) is 0 Å². The standard InChI is InChI=1S/C13H17NO2S2/c1-3-18(15,16)13-6-4-12(5-7-13)8-11(2)9-17-10-14/h4-7,11H,3,8-9H2,1-2H3. The lowest BCUT2D eigenvalue weighted by Gasteiger charge is -2.09. The maximum Gasteiger partial charge on any atom is 0.178 e. The van der Waals surface area contributed by atoms with E-state index in [0.717, 1.165) is 17.7 Å². The molecule has 0 heterocycles. The molecule has 1 aromatic rings. The first kappa shape index (κ1) is 15.1. The van der Waals surface area contributed by atoms with Crippen molar-refractivity contribution in [1.82, 2.24) is 0 Å². The van der Waals surface area contributed by atoms with E-state index >= 15 is 0 Å². The van der Waals surface area contributed by atoms with E-state index in [4.69, 9.17) is 5.26 Å². The van der Waals surface area contributed by atoms with Crippen LogP contribution in [-0.4, -0.2) is 19.9 Å². The van der Waals surface area contributed by atoms with Gasteiger partial charge in [0.1, 0.15) is 5.40 Å². The van der Waals surface area contributed by atoms with Gasteiger partial charge in [-0.3, -0.25) is 0 Å². The first-order valence-corrected chi connectivity index (χ1v) is 8.46. The van der Waals surface area contributed by atoms with E-state index in [2.05, 4.69) is 12.3 Å². The molecule has 1 atom stereocenters. The molecule has 0 aliphatic carbocycles. The van der Waals surface area contributed by atoms with Crippen molar-refractivity contribution in [3.63, 3.8) is 0 Å². The fraction of sp³-hybridized carbons (Fsp3) is 0.462. The maximum atomic E-state index is 11.6. The Bertz CT molecular complexity index is 515. The lowest BCUT2D eigenvalue weighted by Crippen LogP contribution is -2.05. The van der Waals surface area contributed by atoms with Crippen LogP contribution in [0.15, 0.2) is 29.2 Å². The number of thioether (sulfide) groups is 1. The molecule has 0 aliphatic heterocycles. The Labute approximate surface area is 113 Å². The van der Waals surface area contributed by atoms with E-state index in [1.165, 1.54) is 11.8 Å². The Morgan fingerprint density at radius 3 is 2.44 bits per heavy atom. The summed E-state index contributed by atoms with van der Waals surface area (Å²) in [7, 11) is -3.10. The zero-order chi connectivity index (χ0) is 13.6. The maximum absolute atomic E-state index is 11.6. The molecule has 0 N–H and O–H groups in total. The Kier molecular flexibility index (Phi) is 5.70. The minimum Gasteiger partial charge on any atom is -0.224 e. The molecule has 98 valence electrons. The van der Waals surface area contributed by atoms with Crippen LogP contribution in [0, 0.1) is 16.6 Å². The number of hydrogen-bond acceptors (Lipinski definition) is 4. The summed E-state index contributed by atoms with van der Waals surface area (Å²) < 4.78 is 23.3. The van der Waals surface area contributed by atoms with Gasteiger partial charge < -0.3 is 0 Å². The molecule has 3 nitrogen and oxygen atoms in total. The van der Waals surface area contributed by atoms with Gasteiger partial charge in [-0.2, -0.15) is 5.26 Å². The number of nitrogens with zero attached hydrogens (tertiary/aromatic N) is 1. The molecule has 5 heteroatoms. The highest BCUT2D eigenvalue weighted by Crippen LogP contribution is 2.16. The third-order valence-corrected chi connectivity index (χ3v) is 5.29. The number of benzene rings is 1. The van der Waals surface area contributed by atoms with Crippen LogP contribution in [0.4, 0.5) is 0 Å². The summed E-state index contributed by atoms with van der Waals surface area (Å²) in [6, 6.07) is 7.04. The number of hydrogen-bond donors (Lipinski definition) is 0. The van der Waals surface area contributed by atoms with E-state index < -0.39 is 9.84 Å². The quantitative estimate of drug-likeness (QED) is 0.753. The zero-order valence-electron chi connectivity index (χ0n) is 10.6. The smallest absolute Gasteiger partial charge is 0.178 e. The van der Waals surface area contributed by atoms with E-state index in [0.29, 0.717) is 10.8 Å². The SMILES string of the molecule is CCS(=O)(=O)c1ccc(CC(C)CSC#N)cc1. The zero-order valence-corrected chi connectivity index (χ0v) is 12.2. The Balaban J connectivity index is 2.70. The Morgan fingerprint density at radius 1 is 1.33 bits per heavy atom. The lowest BCUT2D eigenvalue weighted by molar-refractivity contribution is 0.597. The minimum atomic E-state index is -3.10. The molecule has 0 saturated heterocycles. The predicted octanol–water partition coefficient (Wildman–Crippen LogP) is 2.87. The average molecular weight is 283 g/mol. The van der Waals surface area contributed by atoms with E-state index in [9.17, 15) is 8.42 Å². The molecule has 1 rings (SSSR count). The summed E-state index contributed by atoms with van der Waals surface area (Å²) in [5, 5.41) is 10.5. The number of thiocyanates is 1. The van der Waals surface area contributed by atoms with Crippen molar-refractivity contribution in [2.24, 2.45) is 5.92 Å². The lowest BCUT2D eigenvalue weighted by atomic mass is 10.0. The van der Waals surface area contributed by atoms with Gasteiger partial charge in [0.25, 0.3) is 0 Å². The predicted molar refractivity (Wildman–Crippen MR) is 75.1 cm³/mol. The molecule has 1 unspecified atom stereocenters. The van der Waals surface area contributed by atoms with Crippen molar-refractivity contribution in [2.75, 3.05) is 11.5 Å². The van der Waals surface area contributed by atoms with E-state index in [-0.39, 0.29) is 5.75 Å². The number of sulfone groups is 1. The molecular weight excluding hydrogens is 266 g/mol. The minimum absolute atomic E-state index is 0.127. The van der Waals surface area contributed by atoms with Gasteiger partial charge >= 0.3 is 0 Å². The summed E-state index contributed by atoms with van der Waals surface area (Å²) in [5.74, 6) is 1.33. The second-order valence-electron chi connectivity index (χ2n) is 4.26. The van der Waals surface area contributed by atoms with Crippen LogP contribution in [0.2, 0.25) is 0 Å². The highest BCUT2D eigenvalue weighted by molar-refractivity contribution is 8.03. The molecule has 18 heavy (non-hydrogen) atoms. The third-order valence-electron chi connectivity index (χ3n) is 2.68. The van der Waals surface area contributed by atoms with Gasteiger partial charge in [0.15, 0.2) is 9.84 Å². The Hall–Kier alpha value is -0.990. The molecule has 1 aromatic carbocycles. The molecule has 0 radical (unpaired) electrons. The van der Waals surface area contributed by atoms with Crippen molar-refractivity contribution < 1.29 is 8.42 Å². The second-order valence-corrected chi connectivity index (χ2v) is 7.34. The molecule has 0 bridgehead atoms. The van der Waals surface area contributed by atoms with Crippen molar-refractivity contribution >= 4 is 21.6 Å². The summed E-state index contributed by atoms with van der Waals surface area (Å²) in [6.45, 7) is 3.73. The van der Waals surface area contributed by atoms with Gasteiger partial charge in [0.2, 0.25) is 0 Å². The molecule has 0 aromatic heterocycles. The van der Waals surface area contributed by atoms with Crippen molar-refractivity contribution in [2.45, 2.75) is 25.2 Å². The van der Waals surface area contributed by atoms with Gasteiger partial charge in [-0.1, -0.05) is 26.0 Å². The van der Waals surface area contributed by atoms with Gasteiger partial charge in [0, 0.05) is 5.75 Å². The average Bonchev–Trinajstić information content (AvgIpc) is 2.37. The summed E-state index contributed by atoms with van der Waals surface area (Å²) in [4.78, 5) is 0.382. The number of rotatable bonds is 6. The molecule has 0 amide bonds. The van der Waals surface area contributed by atoms with E-state index in [1.807, 2.05) is 12.1 Å². The summed E-state index contributed by atoms with van der Waals surface area (Å²) >= 11 is 1.26. The highest BCUT2D eigenvalue weighted by Gasteiger charge is 2.11. The van der Waals surface area contributed by atoms with Crippen LogP contribution in [0.25, 0.3) is 0 Å². The first-order valence-electron chi connectivity index (χ1n) is 5.82.